The molecule has 0 bridgehead atoms. The smallest absolute Gasteiger partial charge is 0.318 e. The summed E-state index contributed by atoms with van der Waals surface area (Å²) in [6.45, 7) is 0.837. The Balaban J connectivity index is 1.73. The molecule has 1 heterocycles. The third kappa shape index (κ3) is 5.03. The number of methoxy groups -OCH3 is 2. The molecule has 1 N–H and O–H groups in total. The molecule has 1 aromatic heterocycles. The molecule has 2 aromatic carbocycles. The van der Waals surface area contributed by atoms with Crippen molar-refractivity contribution in [2.24, 2.45) is 5.18 Å². The van der Waals surface area contributed by atoms with Crippen LogP contribution in [0, 0.1) is 4.91 Å². The number of nitrogens with one attached hydrogen (secondary N) is 1. The molecular weight excluding hydrogens is 356 g/mol. The maximum Gasteiger partial charge on any atom is 0.318 e. The van der Waals surface area contributed by atoms with Crippen molar-refractivity contribution in [3.8, 4) is 23.0 Å². The summed E-state index contributed by atoms with van der Waals surface area (Å²) < 4.78 is 10.4. The SMILES string of the molecule is COc1ccc(CCNc2cc(-c3cccc(CN=O)c3)nc(OC)n2)cc1. The van der Waals surface area contributed by atoms with E-state index >= 15 is 0 Å². The van der Waals surface area contributed by atoms with E-state index in [2.05, 4.69) is 20.5 Å². The normalized spacial score (nSPS) is 10.4. The van der Waals surface area contributed by atoms with Gasteiger partial charge in [-0.3, -0.25) is 0 Å². The van der Waals surface area contributed by atoms with Crippen LogP contribution in [-0.4, -0.2) is 30.7 Å². The van der Waals surface area contributed by atoms with E-state index in [1.54, 1.807) is 7.11 Å². The summed E-state index contributed by atoms with van der Waals surface area (Å²) in [6.07, 6.45) is 0.839. The number of nitrogens with zero attached hydrogens (tertiary/aromatic N) is 3. The molecule has 0 fully saturated rings. The Hall–Kier alpha value is -3.48. The number of nitroso groups, excluding NO2 is 1. The number of hydrogen-bond donors (Lipinski definition) is 1. The van der Waals surface area contributed by atoms with E-state index in [1.807, 2.05) is 54.6 Å². The van der Waals surface area contributed by atoms with Gasteiger partial charge in [0.1, 0.15) is 18.1 Å². The van der Waals surface area contributed by atoms with Gasteiger partial charge in [0.15, 0.2) is 0 Å². The Morgan fingerprint density at radius 2 is 1.79 bits per heavy atom. The fourth-order valence-electron chi connectivity index (χ4n) is 2.79. The van der Waals surface area contributed by atoms with E-state index in [0.29, 0.717) is 18.1 Å². The number of ether oxygens (including phenoxy) is 2. The van der Waals surface area contributed by atoms with Crippen molar-refractivity contribution < 1.29 is 9.47 Å². The summed E-state index contributed by atoms with van der Waals surface area (Å²) in [7, 11) is 3.19. The van der Waals surface area contributed by atoms with Gasteiger partial charge in [0.05, 0.1) is 19.9 Å². The van der Waals surface area contributed by atoms with Crippen LogP contribution in [0.15, 0.2) is 59.8 Å². The first kappa shape index (κ1) is 19.3. The standard InChI is InChI=1S/C21H22N4O3/c1-27-18-8-6-15(7-9-18)10-11-22-20-13-19(24-21(25-20)28-2)17-5-3-4-16(12-17)14-23-26/h3-9,12-13H,10-11,14H2,1-2H3,(H,22,24,25). The average Bonchev–Trinajstić information content (AvgIpc) is 2.74. The fraction of sp³-hybridized carbons (Fsp3) is 0.238. The van der Waals surface area contributed by atoms with Crippen LogP contribution in [-0.2, 0) is 13.0 Å². The molecule has 0 amide bonds. The molecule has 0 saturated carbocycles. The topological polar surface area (TPSA) is 85.7 Å². The van der Waals surface area contributed by atoms with E-state index in [9.17, 15) is 4.91 Å². The molecule has 7 nitrogen and oxygen atoms in total. The van der Waals surface area contributed by atoms with Crippen molar-refractivity contribution in [3.63, 3.8) is 0 Å². The molecule has 0 unspecified atom stereocenters. The number of hydrogen-bond acceptors (Lipinski definition) is 7. The molecule has 0 atom stereocenters. The lowest BCUT2D eigenvalue weighted by molar-refractivity contribution is 0.381. The molecular formula is C21H22N4O3. The predicted molar refractivity (Wildman–Crippen MR) is 109 cm³/mol. The van der Waals surface area contributed by atoms with Gasteiger partial charge in [-0.25, -0.2) is 0 Å². The molecule has 7 heteroatoms. The summed E-state index contributed by atoms with van der Waals surface area (Å²) in [5, 5.41) is 6.26. The van der Waals surface area contributed by atoms with Gasteiger partial charge in [-0.15, -0.1) is 0 Å². The van der Waals surface area contributed by atoms with Crippen molar-refractivity contribution in [1.29, 1.82) is 0 Å². The molecule has 28 heavy (non-hydrogen) atoms. The second-order valence-corrected chi connectivity index (χ2v) is 6.14. The van der Waals surface area contributed by atoms with Crippen LogP contribution >= 0.6 is 0 Å². The Bertz CT molecular complexity index is 929. The van der Waals surface area contributed by atoms with E-state index in [0.717, 1.165) is 23.3 Å². The van der Waals surface area contributed by atoms with Gasteiger partial charge in [0.2, 0.25) is 0 Å². The van der Waals surface area contributed by atoms with Crippen LogP contribution in [0.2, 0.25) is 0 Å². The van der Waals surface area contributed by atoms with Crippen molar-refractivity contribution in [1.82, 2.24) is 9.97 Å². The van der Waals surface area contributed by atoms with Gasteiger partial charge < -0.3 is 14.8 Å². The highest BCUT2D eigenvalue weighted by Gasteiger charge is 2.08. The monoisotopic (exact) mass is 378 g/mol. The van der Waals surface area contributed by atoms with Gasteiger partial charge in [-0.05, 0) is 35.7 Å². The zero-order valence-corrected chi connectivity index (χ0v) is 15.9. The summed E-state index contributed by atoms with van der Waals surface area (Å²) in [6, 6.07) is 17.7. The largest absolute Gasteiger partial charge is 0.497 e. The summed E-state index contributed by atoms with van der Waals surface area (Å²) in [4.78, 5) is 19.3. The van der Waals surface area contributed by atoms with Crippen LogP contribution in [0.3, 0.4) is 0 Å². The molecule has 3 aromatic rings. The van der Waals surface area contributed by atoms with E-state index in [1.165, 1.54) is 12.7 Å². The second kappa shape index (κ2) is 9.45. The first-order valence-electron chi connectivity index (χ1n) is 8.90. The molecule has 0 saturated heterocycles. The minimum Gasteiger partial charge on any atom is -0.497 e. The van der Waals surface area contributed by atoms with Crippen LogP contribution in [0.5, 0.6) is 11.8 Å². The summed E-state index contributed by atoms with van der Waals surface area (Å²) in [5.74, 6) is 1.52. The van der Waals surface area contributed by atoms with Crippen molar-refractivity contribution in [3.05, 3.63) is 70.6 Å². The summed E-state index contributed by atoms with van der Waals surface area (Å²) in [5.41, 5.74) is 3.62. The Morgan fingerprint density at radius 1 is 0.964 bits per heavy atom. The Labute approximate surface area is 163 Å². The van der Waals surface area contributed by atoms with Crippen LogP contribution in [0.4, 0.5) is 5.82 Å². The minimum atomic E-state index is 0.128. The maximum atomic E-state index is 10.5. The number of anilines is 1. The highest BCUT2D eigenvalue weighted by atomic mass is 16.5. The Morgan fingerprint density at radius 3 is 2.50 bits per heavy atom. The van der Waals surface area contributed by atoms with Crippen molar-refractivity contribution >= 4 is 5.82 Å². The first-order chi connectivity index (χ1) is 13.7. The molecule has 0 aliphatic heterocycles. The quantitative estimate of drug-likeness (QED) is 0.565. The van der Waals surface area contributed by atoms with Crippen LogP contribution < -0.4 is 14.8 Å². The van der Waals surface area contributed by atoms with E-state index in [-0.39, 0.29) is 12.6 Å². The van der Waals surface area contributed by atoms with Gasteiger partial charge in [-0.1, -0.05) is 35.5 Å². The first-order valence-corrected chi connectivity index (χ1v) is 8.90. The molecule has 144 valence electrons. The predicted octanol–water partition coefficient (Wildman–Crippen LogP) is 4.08. The van der Waals surface area contributed by atoms with Gasteiger partial charge >= 0.3 is 6.01 Å². The lowest BCUT2D eigenvalue weighted by atomic mass is 10.1. The van der Waals surface area contributed by atoms with Gasteiger partial charge in [-0.2, -0.15) is 14.9 Å². The lowest BCUT2D eigenvalue weighted by Crippen LogP contribution is -2.08. The van der Waals surface area contributed by atoms with Crippen LogP contribution in [0.25, 0.3) is 11.3 Å². The zero-order valence-electron chi connectivity index (χ0n) is 15.9. The molecule has 0 spiro atoms. The molecule has 0 aliphatic rings. The summed E-state index contributed by atoms with van der Waals surface area (Å²) >= 11 is 0. The zero-order chi connectivity index (χ0) is 19.8. The van der Waals surface area contributed by atoms with E-state index < -0.39 is 0 Å². The fourth-order valence-corrected chi connectivity index (χ4v) is 2.79. The highest BCUT2D eigenvalue weighted by Crippen LogP contribution is 2.23. The number of benzene rings is 2. The number of aromatic nitrogens is 2. The Kier molecular flexibility index (Phi) is 6.51. The number of rotatable bonds is 9. The second-order valence-electron chi connectivity index (χ2n) is 6.14. The average molecular weight is 378 g/mol. The van der Waals surface area contributed by atoms with Gasteiger partial charge in [0.25, 0.3) is 0 Å². The molecule has 0 radical (unpaired) electrons. The third-order valence-corrected chi connectivity index (χ3v) is 4.24. The maximum absolute atomic E-state index is 10.5. The highest BCUT2D eigenvalue weighted by molar-refractivity contribution is 5.63. The molecule has 0 aliphatic carbocycles. The van der Waals surface area contributed by atoms with E-state index in [4.69, 9.17) is 9.47 Å². The molecule has 3 rings (SSSR count). The lowest BCUT2D eigenvalue weighted by Gasteiger charge is -2.10. The van der Waals surface area contributed by atoms with Crippen molar-refractivity contribution in [2.45, 2.75) is 13.0 Å². The third-order valence-electron chi connectivity index (χ3n) is 4.24. The minimum absolute atomic E-state index is 0.128. The van der Waals surface area contributed by atoms with Gasteiger partial charge in [0, 0.05) is 18.2 Å². The van der Waals surface area contributed by atoms with Crippen molar-refractivity contribution in [2.75, 3.05) is 26.1 Å². The van der Waals surface area contributed by atoms with Crippen LogP contribution in [0.1, 0.15) is 11.1 Å².